The van der Waals surface area contributed by atoms with Crippen LogP contribution < -0.4 is 5.32 Å². The van der Waals surface area contributed by atoms with Gasteiger partial charge in [0.15, 0.2) is 6.61 Å². The van der Waals surface area contributed by atoms with Crippen LogP contribution in [0, 0.1) is 0 Å². The van der Waals surface area contributed by atoms with E-state index in [0.29, 0.717) is 11.7 Å². The molecule has 0 saturated heterocycles. The Bertz CT molecular complexity index is 685. The molecule has 0 saturated carbocycles. The highest BCUT2D eigenvalue weighted by Crippen LogP contribution is 2.15. The molecule has 0 radical (unpaired) electrons. The first-order valence-corrected chi connectivity index (χ1v) is 8.41. The topological polar surface area (TPSA) is 94.3 Å². The molecule has 1 N–H and O–H groups in total. The summed E-state index contributed by atoms with van der Waals surface area (Å²) in [5.41, 5.74) is 0.845. The minimum atomic E-state index is -0.474. The monoisotopic (exact) mass is 345 g/mol. The standard InChI is InChI=1S/C18H23N3O4/c1-3-7-13(2)19-15(22)12-24-17(23)11-10-16-20-18(21-25-16)14-8-5-4-6-9-14/h4-6,8-9,13H,3,7,10-12H2,1-2H3,(H,19,22). The van der Waals surface area contributed by atoms with Crippen LogP contribution >= 0.6 is 0 Å². The summed E-state index contributed by atoms with van der Waals surface area (Å²) in [5.74, 6) is 0.0706. The molecule has 7 heteroatoms. The SMILES string of the molecule is CCCC(C)NC(=O)COC(=O)CCc1nc(-c2ccccc2)no1. The van der Waals surface area contributed by atoms with Gasteiger partial charge in [0, 0.05) is 18.0 Å². The van der Waals surface area contributed by atoms with Crippen LogP contribution in [0.1, 0.15) is 39.0 Å². The van der Waals surface area contributed by atoms with E-state index in [4.69, 9.17) is 9.26 Å². The molecule has 2 rings (SSSR count). The highest BCUT2D eigenvalue weighted by Gasteiger charge is 2.13. The number of esters is 1. The fourth-order valence-corrected chi connectivity index (χ4v) is 2.31. The van der Waals surface area contributed by atoms with E-state index < -0.39 is 5.97 Å². The van der Waals surface area contributed by atoms with Gasteiger partial charge in [-0.2, -0.15) is 4.98 Å². The molecule has 1 aromatic carbocycles. The van der Waals surface area contributed by atoms with E-state index in [1.54, 1.807) is 0 Å². The predicted molar refractivity (Wildman–Crippen MR) is 91.5 cm³/mol. The van der Waals surface area contributed by atoms with Crippen LogP contribution in [0.5, 0.6) is 0 Å². The number of carbonyl (C=O) groups is 2. The zero-order chi connectivity index (χ0) is 18.1. The molecule has 0 aliphatic carbocycles. The van der Waals surface area contributed by atoms with Crippen molar-refractivity contribution in [3.05, 3.63) is 36.2 Å². The Kier molecular flexibility index (Phi) is 7.13. The Labute approximate surface area is 146 Å². The minimum absolute atomic E-state index is 0.0750. The van der Waals surface area contributed by atoms with E-state index in [1.165, 1.54) is 0 Å². The molecule has 7 nitrogen and oxygen atoms in total. The van der Waals surface area contributed by atoms with Gasteiger partial charge in [-0.25, -0.2) is 0 Å². The lowest BCUT2D eigenvalue weighted by atomic mass is 10.2. The molecular formula is C18H23N3O4. The number of carbonyl (C=O) groups excluding carboxylic acids is 2. The van der Waals surface area contributed by atoms with Gasteiger partial charge < -0.3 is 14.6 Å². The summed E-state index contributed by atoms with van der Waals surface area (Å²) in [4.78, 5) is 27.6. The fourth-order valence-electron chi connectivity index (χ4n) is 2.31. The highest BCUT2D eigenvalue weighted by atomic mass is 16.5. The van der Waals surface area contributed by atoms with Crippen molar-refractivity contribution in [1.82, 2.24) is 15.5 Å². The van der Waals surface area contributed by atoms with Gasteiger partial charge in [-0.05, 0) is 13.3 Å². The third-order valence-electron chi connectivity index (χ3n) is 3.54. The Balaban J connectivity index is 1.72. The van der Waals surface area contributed by atoms with E-state index in [9.17, 15) is 9.59 Å². The lowest BCUT2D eigenvalue weighted by Gasteiger charge is -2.12. The van der Waals surface area contributed by atoms with Crippen molar-refractivity contribution in [2.45, 2.75) is 45.6 Å². The summed E-state index contributed by atoms with van der Waals surface area (Å²) in [5, 5.41) is 6.66. The average Bonchev–Trinajstić information content (AvgIpc) is 3.08. The first-order valence-electron chi connectivity index (χ1n) is 8.41. The van der Waals surface area contributed by atoms with Gasteiger partial charge in [-0.15, -0.1) is 0 Å². The molecule has 1 amide bonds. The van der Waals surface area contributed by atoms with Crippen molar-refractivity contribution in [3.63, 3.8) is 0 Å². The summed E-state index contributed by atoms with van der Waals surface area (Å²) in [6.07, 6.45) is 2.22. The third kappa shape index (κ3) is 6.37. The summed E-state index contributed by atoms with van der Waals surface area (Å²) in [7, 11) is 0. The van der Waals surface area contributed by atoms with Crippen molar-refractivity contribution in [1.29, 1.82) is 0 Å². The summed E-state index contributed by atoms with van der Waals surface area (Å²) in [6, 6.07) is 9.50. The first kappa shape index (κ1) is 18.6. The van der Waals surface area contributed by atoms with Gasteiger partial charge in [0.25, 0.3) is 5.91 Å². The van der Waals surface area contributed by atoms with Crippen LogP contribution in [0.15, 0.2) is 34.9 Å². The molecule has 0 fully saturated rings. The lowest BCUT2D eigenvalue weighted by molar-refractivity contribution is -0.148. The molecule has 1 aromatic heterocycles. The lowest BCUT2D eigenvalue weighted by Crippen LogP contribution is -2.35. The van der Waals surface area contributed by atoms with Crippen LogP contribution in [0.25, 0.3) is 11.4 Å². The zero-order valence-electron chi connectivity index (χ0n) is 14.5. The van der Waals surface area contributed by atoms with Crippen LogP contribution in [-0.2, 0) is 20.7 Å². The Morgan fingerprint density at radius 2 is 2.04 bits per heavy atom. The first-order chi connectivity index (χ1) is 12.1. The molecule has 1 unspecified atom stereocenters. The summed E-state index contributed by atoms with van der Waals surface area (Å²) >= 11 is 0. The van der Waals surface area contributed by atoms with Gasteiger partial charge in [0.1, 0.15) is 0 Å². The van der Waals surface area contributed by atoms with Gasteiger partial charge in [0.2, 0.25) is 11.7 Å². The van der Waals surface area contributed by atoms with Crippen molar-refractivity contribution in [2.75, 3.05) is 6.61 Å². The second kappa shape index (κ2) is 9.56. The third-order valence-corrected chi connectivity index (χ3v) is 3.54. The van der Waals surface area contributed by atoms with E-state index in [2.05, 4.69) is 15.5 Å². The smallest absolute Gasteiger partial charge is 0.306 e. The summed E-state index contributed by atoms with van der Waals surface area (Å²) in [6.45, 7) is 3.69. The number of amides is 1. The summed E-state index contributed by atoms with van der Waals surface area (Å²) < 4.78 is 10.1. The number of hydrogen-bond donors (Lipinski definition) is 1. The largest absolute Gasteiger partial charge is 0.456 e. The molecule has 0 bridgehead atoms. The number of aryl methyl sites for hydroxylation is 1. The van der Waals surface area contributed by atoms with Crippen molar-refractivity contribution in [3.8, 4) is 11.4 Å². The molecule has 25 heavy (non-hydrogen) atoms. The Morgan fingerprint density at radius 1 is 1.28 bits per heavy atom. The number of rotatable bonds is 9. The Hall–Kier alpha value is -2.70. The second-order valence-electron chi connectivity index (χ2n) is 5.80. The molecule has 0 aliphatic heterocycles. The maximum absolute atomic E-state index is 11.7. The number of nitrogens with one attached hydrogen (secondary N) is 1. The fraction of sp³-hybridized carbons (Fsp3) is 0.444. The van der Waals surface area contributed by atoms with Gasteiger partial charge in [-0.1, -0.05) is 48.8 Å². The second-order valence-corrected chi connectivity index (χ2v) is 5.80. The molecule has 134 valence electrons. The number of nitrogens with zero attached hydrogens (tertiary/aromatic N) is 2. The molecule has 0 spiro atoms. The van der Waals surface area contributed by atoms with Crippen molar-refractivity contribution >= 4 is 11.9 Å². The molecule has 1 heterocycles. The quantitative estimate of drug-likeness (QED) is 0.702. The van der Waals surface area contributed by atoms with Gasteiger partial charge in [-0.3, -0.25) is 9.59 Å². The maximum atomic E-state index is 11.7. The minimum Gasteiger partial charge on any atom is -0.456 e. The van der Waals surface area contributed by atoms with Gasteiger partial charge >= 0.3 is 5.97 Å². The number of aromatic nitrogens is 2. The number of ether oxygens (including phenoxy) is 1. The zero-order valence-corrected chi connectivity index (χ0v) is 14.5. The van der Waals surface area contributed by atoms with Crippen molar-refractivity contribution < 1.29 is 18.8 Å². The number of benzene rings is 1. The van der Waals surface area contributed by atoms with E-state index in [0.717, 1.165) is 18.4 Å². The molecular weight excluding hydrogens is 322 g/mol. The van der Waals surface area contributed by atoms with Crippen LogP contribution in [0.3, 0.4) is 0 Å². The molecule has 1 atom stereocenters. The van der Waals surface area contributed by atoms with Crippen LogP contribution in [-0.4, -0.2) is 34.7 Å². The van der Waals surface area contributed by atoms with Crippen LogP contribution in [0.4, 0.5) is 0 Å². The van der Waals surface area contributed by atoms with E-state index >= 15 is 0 Å². The predicted octanol–water partition coefficient (Wildman–Crippen LogP) is 2.52. The highest BCUT2D eigenvalue weighted by molar-refractivity contribution is 5.80. The van der Waals surface area contributed by atoms with Gasteiger partial charge in [0.05, 0.1) is 6.42 Å². The van der Waals surface area contributed by atoms with E-state index in [-0.39, 0.29) is 31.4 Å². The normalized spacial score (nSPS) is 11.8. The van der Waals surface area contributed by atoms with Crippen LogP contribution in [0.2, 0.25) is 0 Å². The maximum Gasteiger partial charge on any atom is 0.306 e. The van der Waals surface area contributed by atoms with E-state index in [1.807, 2.05) is 44.2 Å². The molecule has 2 aromatic rings. The number of hydrogen-bond acceptors (Lipinski definition) is 6. The molecule has 0 aliphatic rings. The average molecular weight is 345 g/mol. The Morgan fingerprint density at radius 3 is 2.76 bits per heavy atom. The van der Waals surface area contributed by atoms with Crippen molar-refractivity contribution in [2.24, 2.45) is 0 Å².